The van der Waals surface area contributed by atoms with Crippen LogP contribution in [-0.2, 0) is 0 Å². The van der Waals surface area contributed by atoms with Gasteiger partial charge in [0.05, 0.1) is 18.8 Å². The zero-order valence-corrected chi connectivity index (χ0v) is 9.67. The van der Waals surface area contributed by atoms with Gasteiger partial charge in [-0.1, -0.05) is 0 Å². The van der Waals surface area contributed by atoms with Crippen LogP contribution in [0.4, 0.5) is 0 Å². The number of hydrogen-bond acceptors (Lipinski definition) is 4. The van der Waals surface area contributed by atoms with Crippen molar-refractivity contribution in [2.45, 2.75) is 0 Å². The summed E-state index contributed by atoms with van der Waals surface area (Å²) in [6, 6.07) is 10.0. The van der Waals surface area contributed by atoms with E-state index in [0.29, 0.717) is 28.2 Å². The Morgan fingerprint density at radius 1 is 1.11 bits per heavy atom. The molecule has 0 amide bonds. The van der Waals surface area contributed by atoms with E-state index in [1.54, 1.807) is 37.4 Å². The molecule has 0 N–H and O–H groups in total. The third-order valence-corrected chi connectivity index (χ3v) is 2.70. The van der Waals surface area contributed by atoms with Crippen LogP contribution in [0.2, 0.25) is 0 Å². The lowest BCUT2D eigenvalue weighted by Gasteiger charge is -2.03. The molecule has 1 aromatic carbocycles. The van der Waals surface area contributed by atoms with Crippen molar-refractivity contribution in [3.63, 3.8) is 0 Å². The SMILES string of the molecule is COc1ccc2c(=O)cc(-c3ccco3)oc2c1. The Balaban J connectivity index is 2.28. The average molecular weight is 242 g/mol. The van der Waals surface area contributed by atoms with Crippen molar-refractivity contribution in [2.24, 2.45) is 0 Å². The summed E-state index contributed by atoms with van der Waals surface area (Å²) in [5, 5.41) is 0.520. The molecule has 18 heavy (non-hydrogen) atoms. The molecular formula is C14H10O4. The molecular weight excluding hydrogens is 232 g/mol. The minimum Gasteiger partial charge on any atom is -0.497 e. The maximum atomic E-state index is 12.0. The molecule has 3 aromatic rings. The molecule has 0 unspecified atom stereocenters. The van der Waals surface area contributed by atoms with E-state index >= 15 is 0 Å². The van der Waals surface area contributed by atoms with Crippen molar-refractivity contribution < 1.29 is 13.6 Å². The lowest BCUT2D eigenvalue weighted by Crippen LogP contribution is -2.00. The van der Waals surface area contributed by atoms with Gasteiger partial charge in [-0.15, -0.1) is 0 Å². The Hall–Kier alpha value is -2.49. The molecule has 0 bridgehead atoms. The first-order chi connectivity index (χ1) is 8.78. The second kappa shape index (κ2) is 4.07. The molecule has 4 heteroatoms. The predicted molar refractivity (Wildman–Crippen MR) is 66.7 cm³/mol. The van der Waals surface area contributed by atoms with E-state index in [9.17, 15) is 4.79 Å². The zero-order valence-electron chi connectivity index (χ0n) is 9.67. The van der Waals surface area contributed by atoms with Crippen LogP contribution in [-0.4, -0.2) is 7.11 Å². The first-order valence-corrected chi connectivity index (χ1v) is 5.44. The predicted octanol–water partition coefficient (Wildman–Crippen LogP) is 3.06. The first kappa shape index (κ1) is 10.7. The molecule has 0 aliphatic carbocycles. The minimum atomic E-state index is -0.106. The van der Waals surface area contributed by atoms with Crippen molar-refractivity contribution in [2.75, 3.05) is 7.11 Å². The summed E-state index contributed by atoms with van der Waals surface area (Å²) in [6.45, 7) is 0. The second-order valence-electron chi connectivity index (χ2n) is 3.81. The molecule has 90 valence electrons. The standard InChI is InChI=1S/C14H10O4/c1-16-9-4-5-10-11(15)8-14(18-13(10)7-9)12-3-2-6-17-12/h2-8H,1H3. The van der Waals surface area contributed by atoms with Crippen LogP contribution < -0.4 is 10.2 Å². The maximum absolute atomic E-state index is 12.0. The molecule has 0 spiro atoms. The largest absolute Gasteiger partial charge is 0.497 e. The van der Waals surface area contributed by atoms with E-state index in [2.05, 4.69) is 0 Å². The van der Waals surface area contributed by atoms with E-state index in [-0.39, 0.29) is 5.43 Å². The quantitative estimate of drug-likeness (QED) is 0.693. The second-order valence-corrected chi connectivity index (χ2v) is 3.81. The van der Waals surface area contributed by atoms with Gasteiger partial charge in [0.25, 0.3) is 0 Å². The normalized spacial score (nSPS) is 10.7. The molecule has 3 rings (SSSR count). The van der Waals surface area contributed by atoms with Crippen LogP contribution >= 0.6 is 0 Å². The van der Waals surface area contributed by atoms with Crippen LogP contribution in [0, 0.1) is 0 Å². The average Bonchev–Trinajstić information content (AvgIpc) is 2.91. The van der Waals surface area contributed by atoms with Gasteiger partial charge >= 0.3 is 0 Å². The van der Waals surface area contributed by atoms with Gasteiger partial charge in [0, 0.05) is 12.1 Å². The molecule has 0 radical (unpaired) electrons. The number of hydrogen-bond donors (Lipinski definition) is 0. The maximum Gasteiger partial charge on any atom is 0.193 e. The first-order valence-electron chi connectivity index (χ1n) is 5.44. The van der Waals surface area contributed by atoms with Gasteiger partial charge in [0.2, 0.25) is 0 Å². The lowest BCUT2D eigenvalue weighted by atomic mass is 10.2. The van der Waals surface area contributed by atoms with Gasteiger partial charge in [-0.25, -0.2) is 0 Å². The Morgan fingerprint density at radius 2 is 2.00 bits per heavy atom. The van der Waals surface area contributed by atoms with Crippen molar-refractivity contribution in [1.82, 2.24) is 0 Å². The molecule has 4 nitrogen and oxygen atoms in total. The summed E-state index contributed by atoms with van der Waals surface area (Å²) in [5.74, 6) is 1.57. The highest BCUT2D eigenvalue weighted by Crippen LogP contribution is 2.24. The molecule has 0 atom stereocenters. The van der Waals surface area contributed by atoms with Gasteiger partial charge in [0.1, 0.15) is 11.3 Å². The van der Waals surface area contributed by atoms with Gasteiger partial charge in [-0.2, -0.15) is 0 Å². The number of furan rings is 1. The minimum absolute atomic E-state index is 0.106. The Labute approximate surface area is 102 Å². The molecule has 0 saturated heterocycles. The fraction of sp³-hybridized carbons (Fsp3) is 0.0714. The highest BCUT2D eigenvalue weighted by molar-refractivity contribution is 5.79. The molecule has 0 aliphatic heterocycles. The van der Waals surface area contributed by atoms with Crippen molar-refractivity contribution >= 4 is 11.0 Å². The summed E-state index contributed by atoms with van der Waals surface area (Å²) in [7, 11) is 1.57. The van der Waals surface area contributed by atoms with Gasteiger partial charge < -0.3 is 13.6 Å². The van der Waals surface area contributed by atoms with Crippen LogP contribution in [0.3, 0.4) is 0 Å². The number of fused-ring (bicyclic) bond motifs is 1. The number of benzene rings is 1. The molecule has 0 aliphatic rings. The van der Waals surface area contributed by atoms with E-state index in [1.165, 1.54) is 12.3 Å². The summed E-state index contributed by atoms with van der Waals surface area (Å²) < 4.78 is 16.0. The van der Waals surface area contributed by atoms with Crippen LogP contribution in [0.15, 0.2) is 56.3 Å². The smallest absolute Gasteiger partial charge is 0.193 e. The van der Waals surface area contributed by atoms with Gasteiger partial charge in [-0.05, 0) is 24.3 Å². The topological polar surface area (TPSA) is 52.6 Å². The number of methoxy groups -OCH3 is 1. The van der Waals surface area contributed by atoms with Crippen molar-refractivity contribution in [1.29, 1.82) is 0 Å². The van der Waals surface area contributed by atoms with Crippen molar-refractivity contribution in [3.8, 4) is 17.3 Å². The summed E-state index contributed by atoms with van der Waals surface area (Å²) in [6.07, 6.45) is 1.53. The monoisotopic (exact) mass is 242 g/mol. The highest BCUT2D eigenvalue weighted by atomic mass is 16.5. The Kier molecular flexibility index (Phi) is 2.41. The fourth-order valence-corrected chi connectivity index (χ4v) is 1.80. The van der Waals surface area contributed by atoms with E-state index < -0.39 is 0 Å². The highest BCUT2D eigenvalue weighted by Gasteiger charge is 2.09. The van der Waals surface area contributed by atoms with Gasteiger partial charge in [-0.3, -0.25) is 4.79 Å². The summed E-state index contributed by atoms with van der Waals surface area (Å²) in [5.41, 5.74) is 0.374. The van der Waals surface area contributed by atoms with E-state index in [0.717, 1.165) is 0 Å². The van der Waals surface area contributed by atoms with Crippen LogP contribution in [0.25, 0.3) is 22.5 Å². The number of ether oxygens (including phenoxy) is 1. The Bertz CT molecular complexity index is 738. The van der Waals surface area contributed by atoms with Crippen LogP contribution in [0.1, 0.15) is 0 Å². The summed E-state index contributed by atoms with van der Waals surface area (Å²) in [4.78, 5) is 12.0. The Morgan fingerprint density at radius 3 is 2.72 bits per heavy atom. The third-order valence-electron chi connectivity index (χ3n) is 2.70. The number of rotatable bonds is 2. The molecule has 0 fully saturated rings. The molecule has 2 heterocycles. The molecule has 0 saturated carbocycles. The van der Waals surface area contributed by atoms with E-state index in [1.807, 2.05) is 0 Å². The third kappa shape index (κ3) is 1.68. The van der Waals surface area contributed by atoms with E-state index in [4.69, 9.17) is 13.6 Å². The zero-order chi connectivity index (χ0) is 12.5. The van der Waals surface area contributed by atoms with Gasteiger partial charge in [0.15, 0.2) is 16.9 Å². The fourth-order valence-electron chi connectivity index (χ4n) is 1.80. The summed E-state index contributed by atoms with van der Waals surface area (Å²) >= 11 is 0. The van der Waals surface area contributed by atoms with Crippen LogP contribution in [0.5, 0.6) is 5.75 Å². The lowest BCUT2D eigenvalue weighted by molar-refractivity contribution is 0.414. The van der Waals surface area contributed by atoms with Crippen molar-refractivity contribution in [3.05, 3.63) is 52.9 Å². The molecule has 2 aromatic heterocycles.